The van der Waals surface area contributed by atoms with Gasteiger partial charge in [-0.3, -0.25) is 0 Å². The van der Waals surface area contributed by atoms with Crippen molar-refractivity contribution in [2.45, 2.75) is 33.8 Å². The normalized spacial score (nSPS) is 12.0. The minimum absolute atomic E-state index is 0.342. The number of hydrogen-bond donors (Lipinski definition) is 0. The molecule has 0 fully saturated rings. The van der Waals surface area contributed by atoms with Crippen LogP contribution >= 0.6 is 0 Å². The van der Waals surface area contributed by atoms with Gasteiger partial charge in [-0.15, -0.1) is 0 Å². The molecular formula is C11H16N2O3. The van der Waals surface area contributed by atoms with E-state index in [1.165, 1.54) is 0 Å². The summed E-state index contributed by atoms with van der Waals surface area (Å²) in [6.45, 7) is 7.34. The molecule has 0 saturated carbocycles. The fraction of sp³-hybridized carbons (Fsp3) is 0.545. The lowest BCUT2D eigenvalue weighted by Gasteiger charge is -2.12. The van der Waals surface area contributed by atoms with Gasteiger partial charge in [0.15, 0.2) is 6.10 Å². The predicted molar refractivity (Wildman–Crippen MR) is 58.2 cm³/mol. The van der Waals surface area contributed by atoms with Crippen molar-refractivity contribution in [3.8, 4) is 5.88 Å². The van der Waals surface area contributed by atoms with Crippen LogP contribution in [0.15, 0.2) is 6.07 Å². The Balaban J connectivity index is 2.69. The maximum absolute atomic E-state index is 11.3. The summed E-state index contributed by atoms with van der Waals surface area (Å²) in [7, 11) is 0. The second kappa shape index (κ2) is 5.44. The summed E-state index contributed by atoms with van der Waals surface area (Å²) in [5, 5.41) is 0. The van der Waals surface area contributed by atoms with Gasteiger partial charge in [-0.25, -0.2) is 9.78 Å². The molecular weight excluding hydrogens is 208 g/mol. The molecule has 0 bridgehead atoms. The van der Waals surface area contributed by atoms with Crippen LogP contribution in [0.1, 0.15) is 25.4 Å². The minimum atomic E-state index is -0.659. The zero-order chi connectivity index (χ0) is 12.1. The van der Waals surface area contributed by atoms with Crippen LogP contribution in [0.4, 0.5) is 0 Å². The molecule has 1 rings (SSSR count). The molecule has 0 aliphatic rings. The molecule has 5 heteroatoms. The number of hydrogen-bond acceptors (Lipinski definition) is 5. The molecule has 1 atom stereocenters. The van der Waals surface area contributed by atoms with Crippen LogP contribution in [0, 0.1) is 13.8 Å². The molecule has 0 aliphatic carbocycles. The number of nitrogens with zero attached hydrogens (tertiary/aromatic N) is 2. The highest BCUT2D eigenvalue weighted by Gasteiger charge is 2.16. The maximum Gasteiger partial charge on any atom is 0.347 e. The van der Waals surface area contributed by atoms with Crippen molar-refractivity contribution in [3.05, 3.63) is 17.6 Å². The van der Waals surface area contributed by atoms with Crippen LogP contribution < -0.4 is 4.74 Å². The quantitative estimate of drug-likeness (QED) is 0.724. The van der Waals surface area contributed by atoms with Crippen molar-refractivity contribution < 1.29 is 14.3 Å². The van der Waals surface area contributed by atoms with Crippen LogP contribution in [0.3, 0.4) is 0 Å². The number of aryl methyl sites for hydroxylation is 2. The van der Waals surface area contributed by atoms with E-state index >= 15 is 0 Å². The van der Waals surface area contributed by atoms with Crippen molar-refractivity contribution in [3.63, 3.8) is 0 Å². The van der Waals surface area contributed by atoms with Gasteiger partial charge in [0.2, 0.25) is 5.88 Å². The Morgan fingerprint density at radius 2 is 2.12 bits per heavy atom. The zero-order valence-electron chi connectivity index (χ0n) is 9.98. The van der Waals surface area contributed by atoms with Crippen LogP contribution in [-0.2, 0) is 9.53 Å². The van der Waals surface area contributed by atoms with Crippen molar-refractivity contribution in [1.29, 1.82) is 0 Å². The van der Waals surface area contributed by atoms with E-state index in [1.807, 2.05) is 6.92 Å². The molecule has 1 aromatic rings. The van der Waals surface area contributed by atoms with Crippen LogP contribution in [0.25, 0.3) is 0 Å². The summed E-state index contributed by atoms with van der Waals surface area (Å²) in [5.74, 6) is 0.619. The molecule has 16 heavy (non-hydrogen) atoms. The van der Waals surface area contributed by atoms with E-state index in [-0.39, 0.29) is 0 Å². The Kier molecular flexibility index (Phi) is 4.22. The summed E-state index contributed by atoms with van der Waals surface area (Å²) in [6, 6.07) is 1.68. The Bertz CT molecular complexity index is 359. The first kappa shape index (κ1) is 12.4. The summed E-state index contributed by atoms with van der Waals surface area (Å²) in [6.07, 6.45) is -0.659. The minimum Gasteiger partial charge on any atom is -0.463 e. The van der Waals surface area contributed by atoms with E-state index in [0.717, 1.165) is 5.69 Å². The molecule has 1 heterocycles. The smallest absolute Gasteiger partial charge is 0.347 e. The fourth-order valence-electron chi connectivity index (χ4n) is 1.23. The molecule has 0 aromatic carbocycles. The predicted octanol–water partition coefficient (Wildman–Crippen LogP) is 1.42. The molecule has 0 spiro atoms. The van der Waals surface area contributed by atoms with Crippen molar-refractivity contribution >= 4 is 5.97 Å². The van der Waals surface area contributed by atoms with Crippen LogP contribution in [-0.4, -0.2) is 28.6 Å². The summed E-state index contributed by atoms with van der Waals surface area (Å²) in [5.41, 5.74) is 0.804. The standard InChI is InChI=1S/C11H16N2O3/c1-5-15-11(14)8(3)16-10-6-7(2)12-9(4)13-10/h6,8H,5H2,1-4H3. The van der Waals surface area contributed by atoms with Gasteiger partial charge in [0.1, 0.15) is 5.82 Å². The molecule has 1 unspecified atom stereocenters. The Morgan fingerprint density at radius 1 is 1.44 bits per heavy atom. The first-order chi connectivity index (χ1) is 7.52. The Labute approximate surface area is 94.8 Å². The number of carbonyl (C=O) groups is 1. The van der Waals surface area contributed by atoms with Crippen molar-refractivity contribution in [1.82, 2.24) is 9.97 Å². The van der Waals surface area contributed by atoms with Crippen molar-refractivity contribution in [2.24, 2.45) is 0 Å². The lowest BCUT2D eigenvalue weighted by Crippen LogP contribution is -2.26. The first-order valence-electron chi connectivity index (χ1n) is 5.18. The van der Waals surface area contributed by atoms with E-state index in [9.17, 15) is 4.79 Å². The van der Waals surface area contributed by atoms with Gasteiger partial charge in [-0.1, -0.05) is 0 Å². The highest BCUT2D eigenvalue weighted by Crippen LogP contribution is 2.11. The van der Waals surface area contributed by atoms with E-state index in [2.05, 4.69) is 9.97 Å². The topological polar surface area (TPSA) is 61.3 Å². The zero-order valence-corrected chi connectivity index (χ0v) is 9.98. The van der Waals surface area contributed by atoms with Crippen LogP contribution in [0.2, 0.25) is 0 Å². The molecule has 0 radical (unpaired) electrons. The van der Waals surface area contributed by atoms with Gasteiger partial charge < -0.3 is 9.47 Å². The lowest BCUT2D eigenvalue weighted by molar-refractivity contribution is -0.150. The molecule has 0 saturated heterocycles. The van der Waals surface area contributed by atoms with E-state index < -0.39 is 12.1 Å². The second-order valence-corrected chi connectivity index (χ2v) is 3.41. The third kappa shape index (κ3) is 3.49. The average molecular weight is 224 g/mol. The van der Waals surface area contributed by atoms with Gasteiger partial charge in [0.25, 0.3) is 0 Å². The third-order valence-electron chi connectivity index (χ3n) is 1.86. The van der Waals surface area contributed by atoms with E-state index in [0.29, 0.717) is 18.3 Å². The van der Waals surface area contributed by atoms with Crippen molar-refractivity contribution in [2.75, 3.05) is 6.61 Å². The summed E-state index contributed by atoms with van der Waals surface area (Å²) < 4.78 is 10.2. The van der Waals surface area contributed by atoms with Gasteiger partial charge in [-0.05, 0) is 27.7 Å². The van der Waals surface area contributed by atoms with Crippen LogP contribution in [0.5, 0.6) is 5.88 Å². The monoisotopic (exact) mass is 224 g/mol. The first-order valence-corrected chi connectivity index (χ1v) is 5.18. The number of ether oxygens (including phenoxy) is 2. The Morgan fingerprint density at radius 3 is 2.69 bits per heavy atom. The third-order valence-corrected chi connectivity index (χ3v) is 1.86. The van der Waals surface area contributed by atoms with E-state index in [1.54, 1.807) is 26.8 Å². The molecule has 0 aliphatic heterocycles. The molecule has 0 amide bonds. The number of rotatable bonds is 4. The van der Waals surface area contributed by atoms with E-state index in [4.69, 9.17) is 9.47 Å². The number of carbonyl (C=O) groups excluding carboxylic acids is 1. The molecule has 0 N–H and O–H groups in total. The highest BCUT2D eigenvalue weighted by atomic mass is 16.6. The lowest BCUT2D eigenvalue weighted by atomic mass is 10.4. The number of esters is 1. The Hall–Kier alpha value is -1.65. The maximum atomic E-state index is 11.3. The summed E-state index contributed by atoms with van der Waals surface area (Å²) in [4.78, 5) is 19.5. The average Bonchev–Trinajstić information content (AvgIpc) is 2.16. The largest absolute Gasteiger partial charge is 0.463 e. The van der Waals surface area contributed by atoms with Gasteiger partial charge in [-0.2, -0.15) is 4.98 Å². The SMILES string of the molecule is CCOC(=O)C(C)Oc1cc(C)nc(C)n1. The molecule has 5 nitrogen and oxygen atoms in total. The fourth-order valence-corrected chi connectivity index (χ4v) is 1.23. The van der Waals surface area contributed by atoms with Gasteiger partial charge >= 0.3 is 5.97 Å². The highest BCUT2D eigenvalue weighted by molar-refractivity contribution is 5.74. The molecule has 88 valence electrons. The van der Waals surface area contributed by atoms with Gasteiger partial charge in [0.05, 0.1) is 6.61 Å². The molecule has 1 aromatic heterocycles. The summed E-state index contributed by atoms with van der Waals surface area (Å²) >= 11 is 0. The van der Waals surface area contributed by atoms with Gasteiger partial charge in [0, 0.05) is 11.8 Å². The second-order valence-electron chi connectivity index (χ2n) is 3.41. The number of aromatic nitrogens is 2.